The predicted octanol–water partition coefficient (Wildman–Crippen LogP) is 0.808. The van der Waals surface area contributed by atoms with E-state index in [1.807, 2.05) is 12.1 Å². The van der Waals surface area contributed by atoms with Gasteiger partial charge in [-0.3, -0.25) is 0 Å². The highest BCUT2D eigenvalue weighted by molar-refractivity contribution is 7.89. The Bertz CT molecular complexity index is 117. The van der Waals surface area contributed by atoms with Crippen molar-refractivity contribution in [1.82, 2.24) is 0 Å². The van der Waals surface area contributed by atoms with Gasteiger partial charge in [0.1, 0.15) is 0 Å². The quantitative estimate of drug-likeness (QED) is 0.418. The summed E-state index contributed by atoms with van der Waals surface area (Å²) in [7, 11) is 0. The molecule has 0 aromatic rings. The highest BCUT2D eigenvalue weighted by Crippen LogP contribution is 1.78. The summed E-state index contributed by atoms with van der Waals surface area (Å²) in [5.74, 6) is 0. The van der Waals surface area contributed by atoms with Crippen LogP contribution in [0.5, 0.6) is 0 Å². The minimum absolute atomic E-state index is 0.358. The van der Waals surface area contributed by atoms with Crippen molar-refractivity contribution in [3.8, 4) is 12.1 Å². The summed E-state index contributed by atoms with van der Waals surface area (Å²) < 4.78 is 9.56. The van der Waals surface area contributed by atoms with Crippen LogP contribution in [-0.2, 0) is 11.2 Å². The number of hydrogen-bond donors (Lipinski definition) is 0. The van der Waals surface area contributed by atoms with Crippen LogP contribution >= 0.6 is 0 Å². The summed E-state index contributed by atoms with van der Waals surface area (Å²) in [5.41, 5.74) is 0. The number of nitriles is 2. The normalized spacial score (nSPS) is 7.00. The molecule has 0 aliphatic rings. The number of rotatable bonds is 1. The predicted molar refractivity (Wildman–Crippen MR) is 40.5 cm³/mol. The molecule has 0 unspecified atom stereocenters. The third-order valence-electron chi connectivity index (χ3n) is 0.349. The van der Waals surface area contributed by atoms with Crippen molar-refractivity contribution in [3.63, 3.8) is 0 Å². The molecule has 0 radical (unpaired) electrons. The van der Waals surface area contributed by atoms with Gasteiger partial charge in [-0.1, -0.05) is 11.2 Å². The van der Waals surface area contributed by atoms with Gasteiger partial charge >= 0.3 is 0 Å². The van der Waals surface area contributed by atoms with Crippen molar-refractivity contribution in [3.05, 3.63) is 0 Å². The first-order valence-corrected chi connectivity index (χ1v) is 4.60. The Balaban J connectivity index is 0. The van der Waals surface area contributed by atoms with Gasteiger partial charge in [0.25, 0.3) is 0 Å². The lowest BCUT2D eigenvalue weighted by Gasteiger charge is -1.87. The minimum atomic E-state index is -0.611. The molecule has 0 aromatic carbocycles. The number of unbranched alkanes of at least 4 members (excludes halogenated alkanes) is 1. The molecule has 56 valence electrons. The van der Waals surface area contributed by atoms with Crippen molar-refractivity contribution in [2.45, 2.75) is 12.8 Å². The molecule has 0 spiro atoms. The Hall–Kier alpha value is -0.710. The van der Waals surface area contributed by atoms with Crippen molar-refractivity contribution < 1.29 is 4.55 Å². The molecule has 0 atom stereocenters. The molecule has 0 saturated carbocycles. The monoisotopic (exact) mass is 158 g/mol. The van der Waals surface area contributed by atoms with Gasteiger partial charge in [-0.25, -0.2) is 0 Å². The van der Waals surface area contributed by atoms with Crippen LogP contribution in [0.25, 0.3) is 0 Å². The summed E-state index contributed by atoms with van der Waals surface area (Å²) in [6.45, 7) is 0. The Morgan fingerprint density at radius 1 is 1.20 bits per heavy atom. The zero-order valence-electron chi connectivity index (χ0n) is 6.13. The first-order chi connectivity index (χ1) is 4.65. The average Bonchev–Trinajstić information content (AvgIpc) is 1.82. The summed E-state index contributed by atoms with van der Waals surface area (Å²) in [5, 5.41) is 15.6. The standard InChI is InChI=1S/C4H4N2.C2H6OS/c5-3-1-2-4-6;1-4(2)3/h1-2H2;1-2H3. The van der Waals surface area contributed by atoms with E-state index in [-0.39, 0.29) is 0 Å². The fourth-order valence-electron chi connectivity index (χ4n) is 0.112. The first kappa shape index (κ1) is 12.0. The first-order valence-electron chi connectivity index (χ1n) is 2.64. The average molecular weight is 158 g/mol. The summed E-state index contributed by atoms with van der Waals surface area (Å²) in [6, 6.07) is 3.69. The Morgan fingerprint density at radius 3 is 1.50 bits per heavy atom. The van der Waals surface area contributed by atoms with Crippen LogP contribution in [0, 0.1) is 22.7 Å². The van der Waals surface area contributed by atoms with Crippen molar-refractivity contribution in [2.75, 3.05) is 12.5 Å². The molecule has 0 aliphatic heterocycles. The third kappa shape index (κ3) is 55.0. The Kier molecular flexibility index (Phi) is 13.4. The molecule has 0 rings (SSSR count). The topological polar surface area (TPSA) is 70.6 Å². The zero-order valence-corrected chi connectivity index (χ0v) is 6.94. The third-order valence-corrected chi connectivity index (χ3v) is 0.349. The Labute approximate surface area is 64.4 Å². The molecule has 0 aliphatic carbocycles. The summed E-state index contributed by atoms with van der Waals surface area (Å²) >= 11 is -0.611. The molecular formula is C6H10N2OS. The largest absolute Gasteiger partial charge is 0.617 e. The molecule has 3 nitrogen and oxygen atoms in total. The molecule has 0 saturated heterocycles. The van der Waals surface area contributed by atoms with E-state index in [0.29, 0.717) is 12.8 Å². The van der Waals surface area contributed by atoms with Crippen LogP contribution in [-0.4, -0.2) is 17.1 Å². The van der Waals surface area contributed by atoms with Crippen LogP contribution < -0.4 is 0 Å². The molecule has 0 bridgehead atoms. The second-order valence-corrected chi connectivity index (χ2v) is 3.04. The molecule has 0 heterocycles. The van der Waals surface area contributed by atoms with Crippen molar-refractivity contribution >= 4 is 11.2 Å². The number of nitrogens with zero attached hydrogens (tertiary/aromatic N) is 2. The molecular weight excluding hydrogens is 148 g/mol. The van der Waals surface area contributed by atoms with Crippen LogP contribution in [0.3, 0.4) is 0 Å². The van der Waals surface area contributed by atoms with E-state index in [1.165, 1.54) is 0 Å². The SMILES string of the molecule is C[S+](C)[O-].N#CCCC#N. The van der Waals surface area contributed by atoms with Crippen molar-refractivity contribution in [1.29, 1.82) is 10.5 Å². The molecule has 0 amide bonds. The van der Waals surface area contributed by atoms with Gasteiger partial charge in [-0.2, -0.15) is 10.5 Å². The highest BCUT2D eigenvalue weighted by atomic mass is 32.2. The van der Waals surface area contributed by atoms with E-state index in [1.54, 1.807) is 12.5 Å². The maximum Gasteiger partial charge on any atom is 0.0946 e. The van der Waals surface area contributed by atoms with Gasteiger partial charge in [0, 0.05) is 12.8 Å². The van der Waals surface area contributed by atoms with Crippen LogP contribution in [0.2, 0.25) is 0 Å². The van der Waals surface area contributed by atoms with Crippen LogP contribution in [0.1, 0.15) is 12.8 Å². The highest BCUT2D eigenvalue weighted by Gasteiger charge is 1.72. The van der Waals surface area contributed by atoms with Crippen LogP contribution in [0.4, 0.5) is 0 Å². The van der Waals surface area contributed by atoms with E-state index in [4.69, 9.17) is 10.5 Å². The zero-order chi connectivity index (χ0) is 8.41. The second kappa shape index (κ2) is 11.1. The van der Waals surface area contributed by atoms with E-state index in [9.17, 15) is 4.55 Å². The summed E-state index contributed by atoms with van der Waals surface area (Å²) in [4.78, 5) is 0. The maximum absolute atomic E-state index is 9.56. The van der Waals surface area contributed by atoms with Gasteiger partial charge in [-0.15, -0.1) is 0 Å². The fourth-order valence-corrected chi connectivity index (χ4v) is 0.112. The van der Waals surface area contributed by atoms with E-state index in [0.717, 1.165) is 0 Å². The van der Waals surface area contributed by atoms with Gasteiger partial charge in [0.2, 0.25) is 0 Å². The molecule has 0 N–H and O–H groups in total. The van der Waals surface area contributed by atoms with Gasteiger partial charge in [0.15, 0.2) is 0 Å². The lowest BCUT2D eigenvalue weighted by atomic mass is 10.4. The van der Waals surface area contributed by atoms with E-state index < -0.39 is 11.2 Å². The lowest BCUT2D eigenvalue weighted by molar-refractivity contribution is 0.606. The lowest BCUT2D eigenvalue weighted by Crippen LogP contribution is -1.86. The van der Waals surface area contributed by atoms with Gasteiger partial charge in [0.05, 0.1) is 24.6 Å². The van der Waals surface area contributed by atoms with Crippen molar-refractivity contribution in [2.24, 2.45) is 0 Å². The number of hydrogen-bond acceptors (Lipinski definition) is 3. The molecule has 4 heteroatoms. The molecule has 0 aromatic heterocycles. The Morgan fingerprint density at radius 2 is 1.40 bits per heavy atom. The molecule has 0 fully saturated rings. The van der Waals surface area contributed by atoms with Gasteiger partial charge < -0.3 is 4.55 Å². The van der Waals surface area contributed by atoms with Crippen LogP contribution in [0.15, 0.2) is 0 Å². The van der Waals surface area contributed by atoms with E-state index in [2.05, 4.69) is 0 Å². The maximum atomic E-state index is 9.56. The van der Waals surface area contributed by atoms with Gasteiger partial charge in [-0.05, 0) is 0 Å². The summed E-state index contributed by atoms with van der Waals surface area (Å²) in [6.07, 6.45) is 3.99. The smallest absolute Gasteiger partial charge is 0.0946 e. The second-order valence-electron chi connectivity index (χ2n) is 1.56. The minimum Gasteiger partial charge on any atom is -0.617 e. The van der Waals surface area contributed by atoms with E-state index >= 15 is 0 Å². The molecule has 10 heavy (non-hydrogen) atoms. The fraction of sp³-hybridized carbons (Fsp3) is 0.667.